The molecule has 0 heterocycles. The van der Waals surface area contributed by atoms with Crippen molar-refractivity contribution >= 4 is 23.7 Å². The molecular formula is C11H20O4S. The van der Waals surface area contributed by atoms with E-state index < -0.39 is 5.97 Å². The van der Waals surface area contributed by atoms with Crippen molar-refractivity contribution in [2.45, 2.75) is 45.6 Å². The van der Waals surface area contributed by atoms with Crippen LogP contribution in [0.5, 0.6) is 0 Å². The average molecular weight is 248 g/mol. The number of unbranched alkanes of at least 4 members (excludes halogenated alkanes) is 2. The molecule has 0 bridgehead atoms. The smallest absolute Gasteiger partial charge is 0.316 e. The van der Waals surface area contributed by atoms with Crippen molar-refractivity contribution < 1.29 is 19.4 Å². The molecule has 0 rings (SSSR count). The topological polar surface area (TPSA) is 63.6 Å². The van der Waals surface area contributed by atoms with Crippen LogP contribution in [0.15, 0.2) is 0 Å². The Hall–Kier alpha value is -0.710. The van der Waals surface area contributed by atoms with Crippen LogP contribution in [0, 0.1) is 0 Å². The number of carbonyl (C=O) groups excluding carboxylic acids is 1. The lowest BCUT2D eigenvalue weighted by atomic mass is 10.2. The summed E-state index contributed by atoms with van der Waals surface area (Å²) in [4.78, 5) is 21.3. The van der Waals surface area contributed by atoms with Crippen molar-refractivity contribution in [3.8, 4) is 0 Å². The van der Waals surface area contributed by atoms with Gasteiger partial charge in [0.2, 0.25) is 0 Å². The maximum Gasteiger partial charge on any atom is 0.316 e. The molecule has 0 aliphatic carbocycles. The lowest BCUT2D eigenvalue weighted by Gasteiger charge is -2.07. The molecule has 0 radical (unpaired) electrons. The van der Waals surface area contributed by atoms with Crippen LogP contribution in [-0.4, -0.2) is 34.7 Å². The minimum atomic E-state index is -0.742. The van der Waals surface area contributed by atoms with Crippen LogP contribution in [0.3, 0.4) is 0 Å². The molecule has 0 aromatic heterocycles. The van der Waals surface area contributed by atoms with Crippen LogP contribution in [0.1, 0.15) is 39.5 Å². The van der Waals surface area contributed by atoms with E-state index in [2.05, 4.69) is 0 Å². The summed E-state index contributed by atoms with van der Waals surface area (Å²) in [5.41, 5.74) is 0. The van der Waals surface area contributed by atoms with Gasteiger partial charge >= 0.3 is 11.9 Å². The Balaban J connectivity index is 3.20. The molecule has 0 fully saturated rings. The SMILES string of the molecule is CC(C)OC(=O)CSCCCCCC(=O)O. The highest BCUT2D eigenvalue weighted by Crippen LogP contribution is 2.08. The maximum absolute atomic E-state index is 11.1. The molecule has 5 heteroatoms. The summed E-state index contributed by atoms with van der Waals surface area (Å²) < 4.78 is 4.97. The molecule has 0 saturated carbocycles. The quantitative estimate of drug-likeness (QED) is 0.501. The molecule has 0 aliphatic rings. The molecule has 0 aliphatic heterocycles. The predicted octanol–water partition coefficient (Wildman–Crippen LogP) is 2.32. The highest BCUT2D eigenvalue weighted by molar-refractivity contribution is 7.99. The molecule has 0 unspecified atom stereocenters. The van der Waals surface area contributed by atoms with Gasteiger partial charge in [0.05, 0.1) is 11.9 Å². The van der Waals surface area contributed by atoms with E-state index in [0.29, 0.717) is 12.2 Å². The summed E-state index contributed by atoms with van der Waals surface area (Å²) in [6, 6.07) is 0. The molecule has 1 N–H and O–H groups in total. The molecular weight excluding hydrogens is 228 g/mol. The van der Waals surface area contributed by atoms with Crippen molar-refractivity contribution in [1.29, 1.82) is 0 Å². The lowest BCUT2D eigenvalue weighted by molar-refractivity contribution is -0.144. The fourth-order valence-corrected chi connectivity index (χ4v) is 1.90. The van der Waals surface area contributed by atoms with E-state index in [4.69, 9.17) is 9.84 Å². The second-order valence-corrected chi connectivity index (χ2v) is 4.90. The van der Waals surface area contributed by atoms with Crippen molar-refractivity contribution in [3.63, 3.8) is 0 Å². The fraction of sp³-hybridized carbons (Fsp3) is 0.818. The van der Waals surface area contributed by atoms with Crippen LogP contribution in [-0.2, 0) is 14.3 Å². The number of carboxylic acid groups (broad SMARTS) is 1. The number of carbonyl (C=O) groups is 2. The third-order valence-electron chi connectivity index (χ3n) is 1.77. The second kappa shape index (κ2) is 9.51. The second-order valence-electron chi connectivity index (χ2n) is 3.80. The first-order valence-electron chi connectivity index (χ1n) is 5.51. The Labute approximate surface area is 101 Å². The number of carboxylic acids is 1. The van der Waals surface area contributed by atoms with Gasteiger partial charge in [0.25, 0.3) is 0 Å². The minimum absolute atomic E-state index is 0.0522. The first-order valence-corrected chi connectivity index (χ1v) is 6.67. The third kappa shape index (κ3) is 11.4. The number of thioether (sulfide) groups is 1. The zero-order chi connectivity index (χ0) is 12.4. The first kappa shape index (κ1) is 15.3. The van der Waals surface area contributed by atoms with Gasteiger partial charge in [0, 0.05) is 6.42 Å². The van der Waals surface area contributed by atoms with Gasteiger partial charge in [-0.25, -0.2) is 0 Å². The lowest BCUT2D eigenvalue weighted by Crippen LogP contribution is -2.13. The highest BCUT2D eigenvalue weighted by Gasteiger charge is 2.04. The number of hydrogen-bond acceptors (Lipinski definition) is 4. The van der Waals surface area contributed by atoms with E-state index in [9.17, 15) is 9.59 Å². The minimum Gasteiger partial charge on any atom is -0.481 e. The zero-order valence-corrected chi connectivity index (χ0v) is 10.7. The van der Waals surface area contributed by atoms with Gasteiger partial charge in [-0.1, -0.05) is 6.42 Å². The van der Waals surface area contributed by atoms with Crippen LogP contribution < -0.4 is 0 Å². The molecule has 0 aromatic rings. The Morgan fingerprint density at radius 2 is 1.94 bits per heavy atom. The number of esters is 1. The van der Waals surface area contributed by atoms with E-state index in [1.165, 1.54) is 0 Å². The third-order valence-corrected chi connectivity index (χ3v) is 2.78. The number of hydrogen-bond donors (Lipinski definition) is 1. The van der Waals surface area contributed by atoms with Gasteiger partial charge in [-0.15, -0.1) is 0 Å². The standard InChI is InChI=1S/C11H20O4S/c1-9(2)15-11(14)8-16-7-5-3-4-6-10(12)13/h9H,3-8H2,1-2H3,(H,12,13). The predicted molar refractivity (Wildman–Crippen MR) is 64.7 cm³/mol. The number of rotatable bonds is 9. The van der Waals surface area contributed by atoms with E-state index >= 15 is 0 Å². The number of aliphatic carboxylic acids is 1. The van der Waals surface area contributed by atoms with Crippen LogP contribution >= 0.6 is 11.8 Å². The summed E-state index contributed by atoms with van der Waals surface area (Å²) in [5, 5.41) is 8.41. The summed E-state index contributed by atoms with van der Waals surface area (Å²) in [7, 11) is 0. The van der Waals surface area contributed by atoms with E-state index in [0.717, 1.165) is 18.6 Å². The van der Waals surface area contributed by atoms with Gasteiger partial charge in [-0.3, -0.25) is 9.59 Å². The van der Waals surface area contributed by atoms with Gasteiger partial charge < -0.3 is 9.84 Å². The van der Waals surface area contributed by atoms with E-state index in [-0.39, 0.29) is 18.5 Å². The molecule has 94 valence electrons. The summed E-state index contributed by atoms with van der Waals surface area (Å²) in [6.45, 7) is 3.66. The molecule has 4 nitrogen and oxygen atoms in total. The summed E-state index contributed by atoms with van der Waals surface area (Å²) in [5.74, 6) is 0.350. The van der Waals surface area contributed by atoms with Crippen LogP contribution in [0.2, 0.25) is 0 Å². The molecule has 0 saturated heterocycles. The molecule has 0 aromatic carbocycles. The van der Waals surface area contributed by atoms with Crippen molar-refractivity contribution in [2.24, 2.45) is 0 Å². The first-order chi connectivity index (χ1) is 7.52. The van der Waals surface area contributed by atoms with E-state index in [1.54, 1.807) is 11.8 Å². The van der Waals surface area contributed by atoms with Gasteiger partial charge in [0.15, 0.2) is 0 Å². The summed E-state index contributed by atoms with van der Waals surface area (Å²) >= 11 is 1.54. The Bertz CT molecular complexity index is 216. The van der Waals surface area contributed by atoms with Crippen LogP contribution in [0.4, 0.5) is 0 Å². The Morgan fingerprint density at radius 3 is 2.50 bits per heavy atom. The maximum atomic E-state index is 11.1. The molecule has 0 atom stereocenters. The fourth-order valence-electron chi connectivity index (χ4n) is 1.11. The van der Waals surface area contributed by atoms with Crippen molar-refractivity contribution in [2.75, 3.05) is 11.5 Å². The Kier molecular flexibility index (Phi) is 9.09. The van der Waals surface area contributed by atoms with E-state index in [1.807, 2.05) is 13.8 Å². The van der Waals surface area contributed by atoms with Gasteiger partial charge in [0.1, 0.15) is 0 Å². The van der Waals surface area contributed by atoms with Crippen LogP contribution in [0.25, 0.3) is 0 Å². The summed E-state index contributed by atoms with van der Waals surface area (Å²) in [6.07, 6.45) is 2.75. The largest absolute Gasteiger partial charge is 0.481 e. The van der Waals surface area contributed by atoms with Gasteiger partial charge in [-0.05, 0) is 32.4 Å². The number of ether oxygens (including phenoxy) is 1. The molecule has 0 spiro atoms. The average Bonchev–Trinajstić information content (AvgIpc) is 2.14. The monoisotopic (exact) mass is 248 g/mol. The Morgan fingerprint density at radius 1 is 1.25 bits per heavy atom. The normalized spacial score (nSPS) is 10.4. The van der Waals surface area contributed by atoms with Gasteiger partial charge in [-0.2, -0.15) is 11.8 Å². The highest BCUT2D eigenvalue weighted by atomic mass is 32.2. The zero-order valence-electron chi connectivity index (χ0n) is 9.90. The molecule has 16 heavy (non-hydrogen) atoms. The molecule has 0 amide bonds. The van der Waals surface area contributed by atoms with Crippen molar-refractivity contribution in [3.05, 3.63) is 0 Å². The van der Waals surface area contributed by atoms with Crippen molar-refractivity contribution in [1.82, 2.24) is 0 Å².